The molecule has 1 heterocycles. The van der Waals surface area contributed by atoms with Crippen LogP contribution in [-0.4, -0.2) is 54.9 Å². The van der Waals surface area contributed by atoms with Gasteiger partial charge in [-0.3, -0.25) is 0 Å². The lowest BCUT2D eigenvalue weighted by atomic mass is 10.1. The zero-order valence-corrected chi connectivity index (χ0v) is 12.5. The number of nitrogens with zero attached hydrogens (tertiary/aromatic N) is 2. The quantitative estimate of drug-likeness (QED) is 0.709. The van der Waals surface area contributed by atoms with Gasteiger partial charge < -0.3 is 9.80 Å². The molecule has 19 heavy (non-hydrogen) atoms. The van der Waals surface area contributed by atoms with E-state index in [2.05, 4.69) is 40.1 Å². The summed E-state index contributed by atoms with van der Waals surface area (Å²) in [5.74, 6) is 0.789. The van der Waals surface area contributed by atoms with E-state index < -0.39 is 0 Å². The molecule has 0 atom stereocenters. The number of hydrogen-bond acceptors (Lipinski definition) is 2. The molecule has 2 nitrogen and oxygen atoms in total. The lowest BCUT2D eigenvalue weighted by Crippen LogP contribution is -2.46. The number of benzene rings is 1. The van der Waals surface area contributed by atoms with Crippen LogP contribution in [0, 0.1) is 0 Å². The number of alkyl halides is 1. The lowest BCUT2D eigenvalue weighted by molar-refractivity contribution is 0.132. The molecule has 106 valence electrons. The van der Waals surface area contributed by atoms with Crippen molar-refractivity contribution in [1.29, 1.82) is 0 Å². The van der Waals surface area contributed by atoms with Crippen molar-refractivity contribution in [2.75, 3.05) is 45.1 Å². The second-order valence-corrected chi connectivity index (χ2v) is 5.69. The molecule has 0 N–H and O–H groups in total. The molecule has 1 saturated heterocycles. The molecule has 0 bridgehead atoms. The summed E-state index contributed by atoms with van der Waals surface area (Å²) >= 11 is 5.74. The first-order valence-corrected chi connectivity index (χ1v) is 7.96. The zero-order chi connectivity index (χ0) is 13.3. The Bertz CT molecular complexity index is 334. The Morgan fingerprint density at radius 1 is 0.842 bits per heavy atom. The Kier molecular flexibility index (Phi) is 6.69. The van der Waals surface area contributed by atoms with E-state index in [0.717, 1.165) is 12.3 Å². The number of piperazine rings is 1. The van der Waals surface area contributed by atoms with E-state index >= 15 is 0 Å². The second kappa shape index (κ2) is 8.57. The number of hydrogen-bond donors (Lipinski definition) is 0. The number of rotatable bonds is 7. The standard InChI is InChI=1S/C16H25ClN2/c17-9-5-11-19-14-12-18(13-15-19)10-4-8-16-6-2-1-3-7-16/h1-3,6-7H,4-5,8-15H2. The summed E-state index contributed by atoms with van der Waals surface area (Å²) < 4.78 is 0. The van der Waals surface area contributed by atoms with Crippen LogP contribution in [0.3, 0.4) is 0 Å². The topological polar surface area (TPSA) is 6.48 Å². The molecule has 0 unspecified atom stereocenters. The monoisotopic (exact) mass is 280 g/mol. The van der Waals surface area contributed by atoms with Crippen LogP contribution in [0.15, 0.2) is 30.3 Å². The molecule has 1 aromatic carbocycles. The maximum Gasteiger partial charge on any atom is 0.0235 e. The molecule has 0 saturated carbocycles. The zero-order valence-electron chi connectivity index (χ0n) is 11.7. The molecule has 2 rings (SSSR count). The van der Waals surface area contributed by atoms with Gasteiger partial charge >= 0.3 is 0 Å². The van der Waals surface area contributed by atoms with Crippen molar-refractivity contribution >= 4 is 11.6 Å². The summed E-state index contributed by atoms with van der Waals surface area (Å²) in [5.41, 5.74) is 1.46. The van der Waals surface area contributed by atoms with Crippen LogP contribution in [0.1, 0.15) is 18.4 Å². The first-order chi connectivity index (χ1) is 9.38. The van der Waals surface area contributed by atoms with Crippen LogP contribution in [0.5, 0.6) is 0 Å². The summed E-state index contributed by atoms with van der Waals surface area (Å²) in [4.78, 5) is 5.14. The third-order valence-electron chi connectivity index (χ3n) is 3.86. The van der Waals surface area contributed by atoms with E-state index in [0.29, 0.717) is 0 Å². The average Bonchev–Trinajstić information content (AvgIpc) is 2.47. The molecule has 1 fully saturated rings. The number of aryl methyl sites for hydroxylation is 1. The van der Waals surface area contributed by atoms with Crippen LogP contribution in [0.25, 0.3) is 0 Å². The van der Waals surface area contributed by atoms with Crippen molar-refractivity contribution in [1.82, 2.24) is 9.80 Å². The molecule has 1 aromatic rings. The third-order valence-corrected chi connectivity index (χ3v) is 4.12. The van der Waals surface area contributed by atoms with Crippen molar-refractivity contribution in [3.05, 3.63) is 35.9 Å². The highest BCUT2D eigenvalue weighted by Crippen LogP contribution is 2.07. The second-order valence-electron chi connectivity index (χ2n) is 5.31. The Labute approximate surface area is 122 Å². The van der Waals surface area contributed by atoms with Gasteiger partial charge in [-0.1, -0.05) is 30.3 Å². The van der Waals surface area contributed by atoms with Gasteiger partial charge in [-0.15, -0.1) is 11.6 Å². The van der Waals surface area contributed by atoms with Crippen molar-refractivity contribution in [2.24, 2.45) is 0 Å². The molecule has 0 amide bonds. The highest BCUT2D eigenvalue weighted by Gasteiger charge is 2.15. The summed E-state index contributed by atoms with van der Waals surface area (Å²) in [7, 11) is 0. The fraction of sp³-hybridized carbons (Fsp3) is 0.625. The van der Waals surface area contributed by atoms with Crippen molar-refractivity contribution in [2.45, 2.75) is 19.3 Å². The van der Waals surface area contributed by atoms with Crippen LogP contribution in [-0.2, 0) is 6.42 Å². The van der Waals surface area contributed by atoms with Gasteiger partial charge in [-0.05, 0) is 37.9 Å². The predicted molar refractivity (Wildman–Crippen MR) is 83.0 cm³/mol. The molecule has 0 aromatic heterocycles. The van der Waals surface area contributed by atoms with Gasteiger partial charge in [0.15, 0.2) is 0 Å². The molecule has 1 aliphatic heterocycles. The van der Waals surface area contributed by atoms with E-state index in [1.807, 2.05) is 0 Å². The Balaban J connectivity index is 1.58. The normalized spacial score (nSPS) is 17.7. The van der Waals surface area contributed by atoms with Gasteiger partial charge in [0.2, 0.25) is 0 Å². The minimum Gasteiger partial charge on any atom is -0.301 e. The number of halogens is 1. The molecule has 0 radical (unpaired) electrons. The van der Waals surface area contributed by atoms with Gasteiger partial charge in [0.05, 0.1) is 0 Å². The highest BCUT2D eigenvalue weighted by molar-refractivity contribution is 6.17. The minimum absolute atomic E-state index is 0.789. The lowest BCUT2D eigenvalue weighted by Gasteiger charge is -2.34. The van der Waals surface area contributed by atoms with E-state index in [1.165, 1.54) is 57.7 Å². The van der Waals surface area contributed by atoms with E-state index in [1.54, 1.807) is 0 Å². The van der Waals surface area contributed by atoms with Gasteiger partial charge in [-0.2, -0.15) is 0 Å². The van der Waals surface area contributed by atoms with Crippen LogP contribution < -0.4 is 0 Å². The summed E-state index contributed by atoms with van der Waals surface area (Å²) in [6.07, 6.45) is 3.59. The Hall–Kier alpha value is -0.570. The van der Waals surface area contributed by atoms with Crippen molar-refractivity contribution < 1.29 is 0 Å². The van der Waals surface area contributed by atoms with Gasteiger partial charge in [0, 0.05) is 32.1 Å². The van der Waals surface area contributed by atoms with Crippen LogP contribution >= 0.6 is 11.6 Å². The third kappa shape index (κ3) is 5.52. The van der Waals surface area contributed by atoms with Crippen LogP contribution in [0.4, 0.5) is 0 Å². The molecular weight excluding hydrogens is 256 g/mol. The SMILES string of the molecule is ClCCCN1CCN(CCCc2ccccc2)CC1. The van der Waals surface area contributed by atoms with Gasteiger partial charge in [0.25, 0.3) is 0 Å². The first-order valence-electron chi connectivity index (χ1n) is 7.43. The Morgan fingerprint density at radius 2 is 1.42 bits per heavy atom. The average molecular weight is 281 g/mol. The summed E-state index contributed by atoms with van der Waals surface area (Å²) in [6.45, 7) is 7.26. The maximum atomic E-state index is 5.74. The molecular formula is C16H25ClN2. The Morgan fingerprint density at radius 3 is 2.00 bits per heavy atom. The van der Waals surface area contributed by atoms with E-state index in [-0.39, 0.29) is 0 Å². The fourth-order valence-corrected chi connectivity index (χ4v) is 2.79. The first kappa shape index (κ1) is 14.8. The van der Waals surface area contributed by atoms with Crippen LogP contribution in [0.2, 0.25) is 0 Å². The van der Waals surface area contributed by atoms with E-state index in [4.69, 9.17) is 11.6 Å². The van der Waals surface area contributed by atoms with Crippen molar-refractivity contribution in [3.63, 3.8) is 0 Å². The van der Waals surface area contributed by atoms with E-state index in [9.17, 15) is 0 Å². The van der Waals surface area contributed by atoms with Gasteiger partial charge in [-0.25, -0.2) is 0 Å². The minimum atomic E-state index is 0.789. The largest absolute Gasteiger partial charge is 0.301 e. The van der Waals surface area contributed by atoms with Gasteiger partial charge in [0.1, 0.15) is 0 Å². The van der Waals surface area contributed by atoms with Crippen molar-refractivity contribution in [3.8, 4) is 0 Å². The molecule has 0 spiro atoms. The maximum absolute atomic E-state index is 5.74. The fourth-order valence-electron chi connectivity index (χ4n) is 2.67. The highest BCUT2D eigenvalue weighted by atomic mass is 35.5. The summed E-state index contributed by atoms with van der Waals surface area (Å²) in [6, 6.07) is 10.8. The predicted octanol–water partition coefficient (Wildman–Crippen LogP) is 2.87. The molecule has 3 heteroatoms. The smallest absolute Gasteiger partial charge is 0.0235 e. The molecule has 1 aliphatic rings. The summed E-state index contributed by atoms with van der Waals surface area (Å²) in [5, 5.41) is 0. The molecule has 0 aliphatic carbocycles.